The molecular formula is C30H32FNO4. The second-order valence-electron chi connectivity index (χ2n) is 9.90. The van der Waals surface area contributed by atoms with Gasteiger partial charge in [0.25, 0.3) is 0 Å². The average molecular weight is 490 g/mol. The first kappa shape index (κ1) is 24.3. The Labute approximate surface area is 211 Å². The Morgan fingerprint density at radius 2 is 1.86 bits per heavy atom. The van der Waals surface area contributed by atoms with Crippen molar-refractivity contribution in [1.29, 1.82) is 0 Å². The number of methoxy groups -OCH3 is 2. The summed E-state index contributed by atoms with van der Waals surface area (Å²) in [5, 5.41) is 0. The van der Waals surface area contributed by atoms with Gasteiger partial charge < -0.3 is 14.2 Å². The van der Waals surface area contributed by atoms with E-state index in [1.807, 2.05) is 26.0 Å². The number of aryl methyl sites for hydroxylation is 2. The first-order chi connectivity index (χ1) is 17.4. The predicted molar refractivity (Wildman–Crippen MR) is 136 cm³/mol. The lowest BCUT2D eigenvalue weighted by Crippen LogP contribution is -2.23. The SMILES string of the molecule is COC(=O)C(C)C(c1ccc2c(c1)OC(c1ccc(-c3cc(OC)ccc3F)c(C)n1)CC2)C1CC1. The van der Waals surface area contributed by atoms with Crippen molar-refractivity contribution >= 4 is 5.97 Å². The predicted octanol–water partition coefficient (Wildman–Crippen LogP) is 6.57. The van der Waals surface area contributed by atoms with Gasteiger partial charge in [-0.1, -0.05) is 25.1 Å². The van der Waals surface area contributed by atoms with E-state index in [0.717, 1.165) is 53.9 Å². The van der Waals surface area contributed by atoms with Crippen molar-refractivity contribution in [1.82, 2.24) is 4.98 Å². The van der Waals surface area contributed by atoms with Gasteiger partial charge in [-0.15, -0.1) is 0 Å². The average Bonchev–Trinajstić information content (AvgIpc) is 3.73. The second-order valence-corrected chi connectivity index (χ2v) is 9.90. The second kappa shape index (κ2) is 9.92. The quantitative estimate of drug-likeness (QED) is 0.351. The molecule has 0 spiro atoms. The number of benzene rings is 2. The Hall–Kier alpha value is -3.41. The topological polar surface area (TPSA) is 57.7 Å². The molecule has 1 aliphatic carbocycles. The Morgan fingerprint density at radius 3 is 2.56 bits per heavy atom. The van der Waals surface area contributed by atoms with Gasteiger partial charge in [-0.3, -0.25) is 9.78 Å². The molecule has 1 saturated carbocycles. The molecule has 3 unspecified atom stereocenters. The van der Waals surface area contributed by atoms with E-state index in [9.17, 15) is 9.18 Å². The van der Waals surface area contributed by atoms with E-state index in [1.54, 1.807) is 19.2 Å². The molecule has 5 rings (SSSR count). The Kier molecular flexibility index (Phi) is 6.69. The van der Waals surface area contributed by atoms with Crippen molar-refractivity contribution in [2.75, 3.05) is 14.2 Å². The highest BCUT2D eigenvalue weighted by Gasteiger charge is 2.39. The Balaban J connectivity index is 1.40. The summed E-state index contributed by atoms with van der Waals surface area (Å²) in [6, 6.07) is 14.9. The van der Waals surface area contributed by atoms with E-state index in [1.165, 1.54) is 18.7 Å². The molecule has 1 fully saturated rings. The summed E-state index contributed by atoms with van der Waals surface area (Å²) in [5.41, 5.74) is 5.07. The minimum absolute atomic E-state index is 0.129. The molecule has 2 aliphatic rings. The normalized spacial score (nSPS) is 18.5. The molecule has 2 aromatic carbocycles. The zero-order chi connectivity index (χ0) is 25.4. The fourth-order valence-electron chi connectivity index (χ4n) is 5.44. The fraction of sp³-hybridized carbons (Fsp3) is 0.400. The molecule has 36 heavy (non-hydrogen) atoms. The van der Waals surface area contributed by atoms with Crippen LogP contribution in [0.25, 0.3) is 11.1 Å². The first-order valence-corrected chi connectivity index (χ1v) is 12.6. The maximum Gasteiger partial charge on any atom is 0.309 e. The summed E-state index contributed by atoms with van der Waals surface area (Å²) >= 11 is 0. The molecular weight excluding hydrogens is 457 g/mol. The highest BCUT2D eigenvalue weighted by Crippen LogP contribution is 2.48. The van der Waals surface area contributed by atoms with E-state index >= 15 is 0 Å². The number of esters is 1. The molecule has 0 amide bonds. The Morgan fingerprint density at radius 1 is 1.06 bits per heavy atom. The molecule has 0 bridgehead atoms. The molecule has 0 radical (unpaired) electrons. The Bertz CT molecular complexity index is 1290. The number of hydrogen-bond acceptors (Lipinski definition) is 5. The van der Waals surface area contributed by atoms with E-state index in [-0.39, 0.29) is 29.7 Å². The third-order valence-electron chi connectivity index (χ3n) is 7.56. The van der Waals surface area contributed by atoms with Gasteiger partial charge in [-0.2, -0.15) is 0 Å². The molecule has 0 N–H and O–H groups in total. The van der Waals surface area contributed by atoms with Gasteiger partial charge in [0.05, 0.1) is 25.8 Å². The van der Waals surface area contributed by atoms with Crippen LogP contribution in [0.15, 0.2) is 48.5 Å². The highest BCUT2D eigenvalue weighted by molar-refractivity contribution is 5.73. The highest BCUT2D eigenvalue weighted by atomic mass is 19.1. The van der Waals surface area contributed by atoms with Crippen molar-refractivity contribution in [3.05, 3.63) is 76.9 Å². The van der Waals surface area contributed by atoms with Crippen molar-refractivity contribution in [3.63, 3.8) is 0 Å². The van der Waals surface area contributed by atoms with Crippen LogP contribution < -0.4 is 9.47 Å². The summed E-state index contributed by atoms with van der Waals surface area (Å²) < 4.78 is 31.3. The summed E-state index contributed by atoms with van der Waals surface area (Å²) in [7, 11) is 3.02. The van der Waals surface area contributed by atoms with Crippen molar-refractivity contribution in [3.8, 4) is 22.6 Å². The minimum atomic E-state index is -0.310. The monoisotopic (exact) mass is 489 g/mol. The molecule has 1 aliphatic heterocycles. The van der Waals surface area contributed by atoms with Crippen LogP contribution in [0.2, 0.25) is 0 Å². The van der Waals surface area contributed by atoms with Crippen LogP contribution in [-0.4, -0.2) is 25.2 Å². The molecule has 6 heteroatoms. The van der Waals surface area contributed by atoms with Crippen molar-refractivity contribution in [2.24, 2.45) is 11.8 Å². The van der Waals surface area contributed by atoms with Gasteiger partial charge in [0.1, 0.15) is 23.4 Å². The molecule has 3 aromatic rings. The largest absolute Gasteiger partial charge is 0.497 e. The van der Waals surface area contributed by atoms with Crippen LogP contribution in [0, 0.1) is 24.6 Å². The van der Waals surface area contributed by atoms with Crippen LogP contribution in [0.5, 0.6) is 11.5 Å². The van der Waals surface area contributed by atoms with Gasteiger partial charge in [0.2, 0.25) is 0 Å². The number of nitrogens with zero attached hydrogens (tertiary/aromatic N) is 1. The van der Waals surface area contributed by atoms with Crippen LogP contribution in [0.3, 0.4) is 0 Å². The van der Waals surface area contributed by atoms with E-state index in [2.05, 4.69) is 18.2 Å². The zero-order valence-electron chi connectivity index (χ0n) is 21.2. The molecule has 2 heterocycles. The van der Waals surface area contributed by atoms with Gasteiger partial charge in [0.15, 0.2) is 0 Å². The van der Waals surface area contributed by atoms with Gasteiger partial charge in [-0.05, 0) is 85.9 Å². The standard InChI is InChI=1S/C30H32FNO4/c1-17(30(33)35-4)29(20-6-7-20)21-8-5-19-9-14-27(36-28(19)15-21)26-13-11-23(18(2)32-26)24-16-22(34-3)10-12-25(24)31/h5,8,10-13,15-17,20,27,29H,6-7,9,14H2,1-4H3. The number of fused-ring (bicyclic) bond motifs is 1. The maximum absolute atomic E-state index is 14.5. The van der Waals surface area contributed by atoms with E-state index in [0.29, 0.717) is 17.2 Å². The minimum Gasteiger partial charge on any atom is -0.497 e. The van der Waals surface area contributed by atoms with E-state index < -0.39 is 0 Å². The van der Waals surface area contributed by atoms with Crippen molar-refractivity contribution in [2.45, 2.75) is 51.6 Å². The summed E-state index contributed by atoms with van der Waals surface area (Å²) in [6.07, 6.45) is 3.78. The molecule has 5 nitrogen and oxygen atoms in total. The van der Waals surface area contributed by atoms with Crippen LogP contribution in [-0.2, 0) is 16.0 Å². The molecule has 188 valence electrons. The molecule has 1 aromatic heterocycles. The third kappa shape index (κ3) is 4.69. The maximum atomic E-state index is 14.5. The number of carbonyl (C=O) groups is 1. The lowest BCUT2D eigenvalue weighted by Gasteiger charge is -2.29. The summed E-state index contributed by atoms with van der Waals surface area (Å²) in [4.78, 5) is 17.1. The lowest BCUT2D eigenvalue weighted by molar-refractivity contribution is -0.145. The van der Waals surface area contributed by atoms with Crippen molar-refractivity contribution < 1.29 is 23.4 Å². The first-order valence-electron chi connectivity index (χ1n) is 12.6. The van der Waals surface area contributed by atoms with Crippen LogP contribution in [0.1, 0.15) is 60.7 Å². The fourth-order valence-corrected chi connectivity index (χ4v) is 5.44. The smallest absolute Gasteiger partial charge is 0.309 e. The zero-order valence-corrected chi connectivity index (χ0v) is 21.2. The van der Waals surface area contributed by atoms with E-state index in [4.69, 9.17) is 19.2 Å². The molecule has 3 atom stereocenters. The number of carbonyl (C=O) groups excluding carboxylic acids is 1. The number of ether oxygens (including phenoxy) is 3. The number of rotatable bonds is 7. The van der Waals surface area contributed by atoms with Gasteiger partial charge >= 0.3 is 5.97 Å². The van der Waals surface area contributed by atoms with Gasteiger partial charge in [-0.25, -0.2) is 4.39 Å². The van der Waals surface area contributed by atoms with Crippen LogP contribution in [0.4, 0.5) is 4.39 Å². The number of halogens is 1. The summed E-state index contributed by atoms with van der Waals surface area (Å²) in [6.45, 7) is 3.85. The van der Waals surface area contributed by atoms with Gasteiger partial charge in [0, 0.05) is 16.8 Å². The number of hydrogen-bond donors (Lipinski definition) is 0. The number of pyridine rings is 1. The third-order valence-corrected chi connectivity index (χ3v) is 7.56. The number of aromatic nitrogens is 1. The molecule has 0 saturated heterocycles. The van der Waals surface area contributed by atoms with Crippen LogP contribution >= 0.6 is 0 Å². The lowest BCUT2D eigenvalue weighted by atomic mass is 9.82. The summed E-state index contributed by atoms with van der Waals surface area (Å²) in [5.74, 6) is 1.41.